The van der Waals surface area contributed by atoms with Crippen LogP contribution in [0.15, 0.2) is 45.5 Å². The Bertz CT molecular complexity index is 602. The van der Waals surface area contributed by atoms with Crippen LogP contribution in [0.4, 0.5) is 0 Å². The van der Waals surface area contributed by atoms with Crippen molar-refractivity contribution in [2.24, 2.45) is 0 Å². The van der Waals surface area contributed by atoms with E-state index in [0.29, 0.717) is 17.0 Å². The number of pyridine rings is 1. The molecular weight excluding hydrogens is 386 g/mol. The lowest BCUT2D eigenvalue weighted by Gasteiger charge is -2.18. The lowest BCUT2D eigenvalue weighted by Crippen LogP contribution is -2.10. The summed E-state index contributed by atoms with van der Waals surface area (Å²) in [7, 11) is 0. The van der Waals surface area contributed by atoms with Gasteiger partial charge in [-0.25, -0.2) is 0 Å². The number of halogens is 2. The van der Waals surface area contributed by atoms with Gasteiger partial charge in [0.15, 0.2) is 0 Å². The average molecular weight is 401 g/mol. The molecular formula is C15H15Br2NO2. The number of nitrogens with zero attached hydrogens (tertiary/aromatic N) is 1. The Labute approximate surface area is 135 Å². The molecule has 0 bridgehead atoms. The molecule has 0 aliphatic heterocycles. The normalized spacial score (nSPS) is 12.5. The molecule has 1 unspecified atom stereocenters. The Morgan fingerprint density at radius 2 is 1.90 bits per heavy atom. The minimum absolute atomic E-state index is 0.0460. The van der Waals surface area contributed by atoms with Gasteiger partial charge in [0.05, 0.1) is 11.8 Å². The van der Waals surface area contributed by atoms with Crippen molar-refractivity contribution in [2.45, 2.75) is 26.1 Å². The highest BCUT2D eigenvalue weighted by Crippen LogP contribution is 2.33. The molecule has 0 saturated heterocycles. The molecule has 20 heavy (non-hydrogen) atoms. The zero-order chi connectivity index (χ0) is 14.7. The van der Waals surface area contributed by atoms with Gasteiger partial charge >= 0.3 is 0 Å². The number of aromatic nitrogens is 1. The first-order valence-corrected chi connectivity index (χ1v) is 7.82. The summed E-state index contributed by atoms with van der Waals surface area (Å²) in [5.74, 6) is 0.673. The third-order valence-electron chi connectivity index (χ3n) is 2.67. The van der Waals surface area contributed by atoms with Crippen molar-refractivity contribution in [1.29, 1.82) is 0 Å². The minimum atomic E-state index is -0.840. The van der Waals surface area contributed by atoms with Gasteiger partial charge in [-0.1, -0.05) is 18.2 Å². The third-order valence-corrected chi connectivity index (χ3v) is 3.74. The predicted molar refractivity (Wildman–Crippen MR) is 85.9 cm³/mol. The molecule has 106 valence electrons. The molecule has 0 amide bonds. The maximum Gasteiger partial charge on any atom is 0.126 e. The van der Waals surface area contributed by atoms with E-state index < -0.39 is 6.10 Å². The maximum atomic E-state index is 10.6. The van der Waals surface area contributed by atoms with Crippen molar-refractivity contribution in [2.75, 3.05) is 0 Å². The van der Waals surface area contributed by atoms with Crippen LogP contribution in [0.1, 0.15) is 31.2 Å². The molecule has 1 atom stereocenters. The molecule has 2 rings (SSSR count). The van der Waals surface area contributed by atoms with E-state index in [1.165, 1.54) is 0 Å². The van der Waals surface area contributed by atoms with Gasteiger partial charge in [0.2, 0.25) is 0 Å². The average Bonchev–Trinajstić information content (AvgIpc) is 2.38. The second kappa shape index (κ2) is 6.70. The van der Waals surface area contributed by atoms with Crippen molar-refractivity contribution >= 4 is 31.9 Å². The van der Waals surface area contributed by atoms with Crippen LogP contribution in [0.5, 0.6) is 5.75 Å². The first-order chi connectivity index (χ1) is 9.49. The molecule has 2 aromatic rings. The molecule has 1 heterocycles. The number of benzene rings is 1. The summed E-state index contributed by atoms with van der Waals surface area (Å²) in [4.78, 5) is 4.28. The zero-order valence-corrected chi connectivity index (χ0v) is 14.3. The van der Waals surface area contributed by atoms with E-state index in [9.17, 15) is 5.11 Å². The summed E-state index contributed by atoms with van der Waals surface area (Å²) in [6, 6.07) is 9.32. The van der Waals surface area contributed by atoms with E-state index in [-0.39, 0.29) is 6.10 Å². The van der Waals surface area contributed by atoms with E-state index in [1.807, 2.05) is 44.2 Å². The van der Waals surface area contributed by atoms with Gasteiger partial charge in [0.25, 0.3) is 0 Å². The smallest absolute Gasteiger partial charge is 0.126 e. The summed E-state index contributed by atoms with van der Waals surface area (Å²) in [5, 5.41) is 10.6. The van der Waals surface area contributed by atoms with Gasteiger partial charge in [-0.3, -0.25) is 4.98 Å². The maximum absolute atomic E-state index is 10.6. The Morgan fingerprint density at radius 3 is 2.55 bits per heavy atom. The molecule has 0 fully saturated rings. The van der Waals surface area contributed by atoms with Crippen LogP contribution in [0.3, 0.4) is 0 Å². The molecule has 1 aromatic heterocycles. The van der Waals surface area contributed by atoms with Crippen molar-refractivity contribution < 1.29 is 9.84 Å². The highest BCUT2D eigenvalue weighted by Gasteiger charge is 2.19. The van der Waals surface area contributed by atoms with E-state index in [4.69, 9.17) is 4.74 Å². The molecule has 5 heteroatoms. The molecule has 0 radical (unpaired) electrons. The van der Waals surface area contributed by atoms with Gasteiger partial charge in [-0.05, 0) is 57.8 Å². The quantitative estimate of drug-likeness (QED) is 0.822. The van der Waals surface area contributed by atoms with Crippen LogP contribution < -0.4 is 4.74 Å². The SMILES string of the molecule is CC(C)Oc1ccccc1C(O)c1ncc(Br)cc1Br. The summed E-state index contributed by atoms with van der Waals surface area (Å²) >= 11 is 6.78. The second-order valence-electron chi connectivity index (χ2n) is 4.63. The fourth-order valence-electron chi connectivity index (χ4n) is 1.84. The fourth-order valence-corrected chi connectivity index (χ4v) is 3.05. The number of aliphatic hydroxyl groups excluding tert-OH is 1. The largest absolute Gasteiger partial charge is 0.491 e. The van der Waals surface area contributed by atoms with E-state index in [0.717, 1.165) is 8.95 Å². The first kappa shape index (κ1) is 15.5. The molecule has 1 N–H and O–H groups in total. The van der Waals surface area contributed by atoms with Gasteiger partial charge in [0.1, 0.15) is 11.9 Å². The second-order valence-corrected chi connectivity index (χ2v) is 6.40. The zero-order valence-electron chi connectivity index (χ0n) is 11.2. The van der Waals surface area contributed by atoms with Crippen molar-refractivity contribution in [3.63, 3.8) is 0 Å². The van der Waals surface area contributed by atoms with Crippen LogP contribution in [-0.2, 0) is 0 Å². The van der Waals surface area contributed by atoms with Gasteiger partial charge in [0, 0.05) is 20.7 Å². The Morgan fingerprint density at radius 1 is 1.20 bits per heavy atom. The Balaban J connectivity index is 2.40. The van der Waals surface area contributed by atoms with Crippen LogP contribution in [-0.4, -0.2) is 16.2 Å². The highest BCUT2D eigenvalue weighted by molar-refractivity contribution is 9.11. The minimum Gasteiger partial charge on any atom is -0.491 e. The van der Waals surface area contributed by atoms with Crippen molar-refractivity contribution in [1.82, 2.24) is 4.98 Å². The molecule has 0 saturated carbocycles. The fraction of sp³-hybridized carbons (Fsp3) is 0.267. The number of hydrogen-bond donors (Lipinski definition) is 1. The number of rotatable bonds is 4. The molecule has 3 nitrogen and oxygen atoms in total. The highest BCUT2D eigenvalue weighted by atomic mass is 79.9. The number of hydrogen-bond acceptors (Lipinski definition) is 3. The molecule has 0 spiro atoms. The molecule has 0 aliphatic carbocycles. The lowest BCUT2D eigenvalue weighted by atomic mass is 10.0. The summed E-state index contributed by atoms with van der Waals surface area (Å²) in [5.41, 5.74) is 1.27. The van der Waals surface area contributed by atoms with E-state index >= 15 is 0 Å². The lowest BCUT2D eigenvalue weighted by molar-refractivity contribution is 0.194. The number of aliphatic hydroxyl groups is 1. The summed E-state index contributed by atoms with van der Waals surface area (Å²) < 4.78 is 7.34. The number of para-hydroxylation sites is 1. The van der Waals surface area contributed by atoms with E-state index in [2.05, 4.69) is 36.8 Å². The van der Waals surface area contributed by atoms with Gasteiger partial charge in [-0.2, -0.15) is 0 Å². The molecule has 1 aromatic carbocycles. The van der Waals surface area contributed by atoms with Crippen LogP contribution >= 0.6 is 31.9 Å². The van der Waals surface area contributed by atoms with Crippen LogP contribution in [0.2, 0.25) is 0 Å². The summed E-state index contributed by atoms with van der Waals surface area (Å²) in [6.07, 6.45) is 0.868. The van der Waals surface area contributed by atoms with Crippen LogP contribution in [0.25, 0.3) is 0 Å². The topological polar surface area (TPSA) is 42.4 Å². The first-order valence-electron chi connectivity index (χ1n) is 6.23. The molecule has 0 aliphatic rings. The summed E-state index contributed by atoms with van der Waals surface area (Å²) in [6.45, 7) is 3.91. The van der Waals surface area contributed by atoms with Crippen LogP contribution in [0, 0.1) is 0 Å². The third kappa shape index (κ3) is 3.59. The van der Waals surface area contributed by atoms with Gasteiger partial charge < -0.3 is 9.84 Å². The monoisotopic (exact) mass is 399 g/mol. The van der Waals surface area contributed by atoms with Crippen molar-refractivity contribution in [3.05, 3.63) is 56.7 Å². The van der Waals surface area contributed by atoms with E-state index in [1.54, 1.807) is 6.20 Å². The predicted octanol–water partition coefficient (Wildman–Crippen LogP) is 4.48. The number of ether oxygens (including phenoxy) is 1. The Kier molecular flexibility index (Phi) is 5.18. The van der Waals surface area contributed by atoms with Crippen molar-refractivity contribution in [3.8, 4) is 5.75 Å². The Hall–Kier alpha value is -0.910. The standard InChI is InChI=1S/C15H15Br2NO2/c1-9(2)20-13-6-4-3-5-11(13)15(19)14-12(17)7-10(16)8-18-14/h3-9,15,19H,1-2H3. The van der Waals surface area contributed by atoms with Gasteiger partial charge in [-0.15, -0.1) is 0 Å².